The number of anilines is 2. The Balaban J connectivity index is 2.75. The molecule has 1 aromatic rings. The van der Waals surface area contributed by atoms with Gasteiger partial charge in [-0.25, -0.2) is 4.79 Å². The van der Waals surface area contributed by atoms with Crippen LogP contribution in [0.2, 0.25) is 0 Å². The minimum absolute atomic E-state index is 0.345. The molecule has 0 aliphatic heterocycles. The van der Waals surface area contributed by atoms with Crippen LogP contribution in [0.15, 0.2) is 18.2 Å². The number of benzene rings is 1. The summed E-state index contributed by atoms with van der Waals surface area (Å²) in [5.41, 5.74) is 7.58. The predicted octanol–water partition coefficient (Wildman–Crippen LogP) is 1.50. The zero-order chi connectivity index (χ0) is 12.7. The van der Waals surface area contributed by atoms with Crippen LogP contribution in [0.3, 0.4) is 0 Å². The van der Waals surface area contributed by atoms with Crippen LogP contribution in [-0.4, -0.2) is 32.8 Å². The summed E-state index contributed by atoms with van der Waals surface area (Å²) in [5.74, 6) is -0.345. The molecule has 1 aromatic carbocycles. The van der Waals surface area contributed by atoms with Gasteiger partial charge < -0.3 is 20.5 Å². The Kier molecular flexibility index (Phi) is 5.29. The van der Waals surface area contributed by atoms with Crippen molar-refractivity contribution >= 4 is 17.3 Å². The Morgan fingerprint density at radius 2 is 2.24 bits per heavy atom. The highest BCUT2D eigenvalue weighted by atomic mass is 16.5. The van der Waals surface area contributed by atoms with Crippen LogP contribution in [0, 0.1) is 0 Å². The van der Waals surface area contributed by atoms with E-state index in [2.05, 4.69) is 5.32 Å². The molecule has 3 N–H and O–H groups in total. The number of rotatable bonds is 6. The van der Waals surface area contributed by atoms with Gasteiger partial charge in [0.1, 0.15) is 0 Å². The van der Waals surface area contributed by atoms with Crippen molar-refractivity contribution in [2.45, 2.75) is 6.92 Å². The molecule has 0 bridgehead atoms. The maximum Gasteiger partial charge on any atom is 0.338 e. The molecule has 0 fully saturated rings. The van der Waals surface area contributed by atoms with Gasteiger partial charge in [0.25, 0.3) is 0 Å². The molecule has 0 atom stereocenters. The molecule has 0 saturated carbocycles. The lowest BCUT2D eigenvalue weighted by Crippen LogP contribution is -2.11. The number of carbonyl (C=O) groups is 1. The van der Waals surface area contributed by atoms with E-state index >= 15 is 0 Å². The highest BCUT2D eigenvalue weighted by Crippen LogP contribution is 2.20. The Bertz CT molecular complexity index is 380. The monoisotopic (exact) mass is 238 g/mol. The fourth-order valence-corrected chi connectivity index (χ4v) is 1.34. The lowest BCUT2D eigenvalue weighted by Gasteiger charge is -2.10. The summed E-state index contributed by atoms with van der Waals surface area (Å²) in [6.07, 6.45) is 0. The summed E-state index contributed by atoms with van der Waals surface area (Å²) in [4.78, 5) is 11.5. The number of carbonyl (C=O) groups excluding carboxylic acids is 1. The van der Waals surface area contributed by atoms with Gasteiger partial charge in [0, 0.05) is 13.7 Å². The molecule has 94 valence electrons. The van der Waals surface area contributed by atoms with Crippen LogP contribution in [0.5, 0.6) is 0 Å². The first-order valence-electron chi connectivity index (χ1n) is 5.48. The third kappa shape index (κ3) is 3.96. The van der Waals surface area contributed by atoms with Crippen molar-refractivity contribution in [1.82, 2.24) is 0 Å². The Morgan fingerprint density at radius 1 is 1.47 bits per heavy atom. The number of nitrogens with one attached hydrogen (secondary N) is 1. The summed E-state index contributed by atoms with van der Waals surface area (Å²) >= 11 is 0. The van der Waals surface area contributed by atoms with E-state index in [9.17, 15) is 4.79 Å². The van der Waals surface area contributed by atoms with E-state index in [-0.39, 0.29) is 5.97 Å². The average Bonchev–Trinajstić information content (AvgIpc) is 2.32. The molecule has 0 amide bonds. The largest absolute Gasteiger partial charge is 0.462 e. The minimum Gasteiger partial charge on any atom is -0.462 e. The van der Waals surface area contributed by atoms with Crippen LogP contribution < -0.4 is 11.1 Å². The first kappa shape index (κ1) is 13.3. The van der Waals surface area contributed by atoms with E-state index in [1.54, 1.807) is 32.2 Å². The van der Waals surface area contributed by atoms with Crippen LogP contribution in [-0.2, 0) is 9.47 Å². The van der Waals surface area contributed by atoms with Crippen molar-refractivity contribution in [1.29, 1.82) is 0 Å². The van der Waals surface area contributed by atoms with Crippen molar-refractivity contribution in [2.24, 2.45) is 0 Å². The molecule has 5 nitrogen and oxygen atoms in total. The van der Waals surface area contributed by atoms with Crippen molar-refractivity contribution in [3.63, 3.8) is 0 Å². The van der Waals surface area contributed by atoms with E-state index in [1.165, 1.54) is 0 Å². The Hall–Kier alpha value is -1.75. The summed E-state index contributed by atoms with van der Waals surface area (Å²) in [5, 5.41) is 3.09. The standard InChI is InChI=1S/C12H18N2O3/c1-3-17-12(15)9-4-5-10(13)11(8-9)14-6-7-16-2/h4-5,8,14H,3,6-7,13H2,1-2H3. The molecule has 0 heterocycles. The summed E-state index contributed by atoms with van der Waals surface area (Å²) < 4.78 is 9.84. The number of methoxy groups -OCH3 is 1. The van der Waals surface area contributed by atoms with Gasteiger partial charge in [-0.15, -0.1) is 0 Å². The third-order valence-electron chi connectivity index (χ3n) is 2.19. The highest BCUT2D eigenvalue weighted by molar-refractivity contribution is 5.92. The first-order valence-corrected chi connectivity index (χ1v) is 5.48. The van der Waals surface area contributed by atoms with Crippen molar-refractivity contribution in [3.8, 4) is 0 Å². The number of hydrogen-bond donors (Lipinski definition) is 2. The van der Waals surface area contributed by atoms with Crippen molar-refractivity contribution in [2.75, 3.05) is 37.9 Å². The molecule has 0 aliphatic carbocycles. The normalized spacial score (nSPS) is 10.0. The maximum absolute atomic E-state index is 11.5. The van der Waals surface area contributed by atoms with E-state index in [1.807, 2.05) is 0 Å². The molecule has 1 rings (SSSR count). The van der Waals surface area contributed by atoms with Gasteiger partial charge in [-0.2, -0.15) is 0 Å². The van der Waals surface area contributed by atoms with E-state index in [0.717, 1.165) is 0 Å². The van der Waals surface area contributed by atoms with Gasteiger partial charge >= 0.3 is 5.97 Å². The second-order valence-corrected chi connectivity index (χ2v) is 3.44. The quantitative estimate of drug-likeness (QED) is 0.446. The molecule has 0 unspecified atom stereocenters. The van der Waals surface area contributed by atoms with E-state index in [4.69, 9.17) is 15.2 Å². The highest BCUT2D eigenvalue weighted by Gasteiger charge is 2.08. The number of ether oxygens (including phenoxy) is 2. The zero-order valence-corrected chi connectivity index (χ0v) is 10.2. The molecular formula is C12H18N2O3. The maximum atomic E-state index is 11.5. The molecule has 0 radical (unpaired) electrons. The summed E-state index contributed by atoms with van der Waals surface area (Å²) in [6, 6.07) is 5.01. The molecule has 0 saturated heterocycles. The fourth-order valence-electron chi connectivity index (χ4n) is 1.34. The van der Waals surface area contributed by atoms with E-state index in [0.29, 0.717) is 36.7 Å². The molecular weight excluding hydrogens is 220 g/mol. The number of nitrogen functional groups attached to an aromatic ring is 1. The topological polar surface area (TPSA) is 73.6 Å². The zero-order valence-electron chi connectivity index (χ0n) is 10.2. The summed E-state index contributed by atoms with van der Waals surface area (Å²) in [7, 11) is 1.63. The molecule has 17 heavy (non-hydrogen) atoms. The second-order valence-electron chi connectivity index (χ2n) is 3.44. The van der Waals surface area contributed by atoms with Crippen LogP contribution in [0.1, 0.15) is 17.3 Å². The van der Waals surface area contributed by atoms with Gasteiger partial charge in [0.05, 0.1) is 30.2 Å². The summed E-state index contributed by atoms with van der Waals surface area (Å²) in [6.45, 7) is 3.33. The van der Waals surface area contributed by atoms with Crippen molar-refractivity contribution < 1.29 is 14.3 Å². The van der Waals surface area contributed by atoms with Crippen LogP contribution >= 0.6 is 0 Å². The minimum atomic E-state index is -0.345. The van der Waals surface area contributed by atoms with Crippen LogP contribution in [0.25, 0.3) is 0 Å². The van der Waals surface area contributed by atoms with Gasteiger partial charge in [0.15, 0.2) is 0 Å². The average molecular weight is 238 g/mol. The Labute approximate surface area is 101 Å². The third-order valence-corrected chi connectivity index (χ3v) is 2.19. The molecule has 0 spiro atoms. The lowest BCUT2D eigenvalue weighted by atomic mass is 10.1. The fraction of sp³-hybridized carbons (Fsp3) is 0.417. The number of hydrogen-bond acceptors (Lipinski definition) is 5. The molecule has 0 aliphatic rings. The first-order chi connectivity index (χ1) is 8.19. The van der Waals surface area contributed by atoms with Gasteiger partial charge in [0.2, 0.25) is 0 Å². The van der Waals surface area contributed by atoms with Gasteiger partial charge in [-0.05, 0) is 25.1 Å². The smallest absolute Gasteiger partial charge is 0.338 e. The number of esters is 1. The van der Waals surface area contributed by atoms with E-state index < -0.39 is 0 Å². The SMILES string of the molecule is CCOC(=O)c1ccc(N)c(NCCOC)c1. The number of nitrogens with two attached hydrogens (primary N) is 1. The molecule has 0 aromatic heterocycles. The van der Waals surface area contributed by atoms with Gasteiger partial charge in [-0.3, -0.25) is 0 Å². The molecule has 5 heteroatoms. The van der Waals surface area contributed by atoms with Gasteiger partial charge in [-0.1, -0.05) is 0 Å². The Morgan fingerprint density at radius 3 is 2.88 bits per heavy atom. The van der Waals surface area contributed by atoms with Crippen molar-refractivity contribution in [3.05, 3.63) is 23.8 Å². The van der Waals surface area contributed by atoms with Crippen LogP contribution in [0.4, 0.5) is 11.4 Å². The second kappa shape index (κ2) is 6.75. The predicted molar refractivity (Wildman–Crippen MR) is 67.2 cm³/mol. The lowest BCUT2D eigenvalue weighted by molar-refractivity contribution is 0.0526.